The molecule has 0 saturated heterocycles. The molecule has 0 unspecified atom stereocenters. The van der Waals surface area contributed by atoms with Crippen LogP contribution in [0.15, 0.2) is 18.2 Å². The molecule has 0 aliphatic heterocycles. The zero-order chi connectivity index (χ0) is 11.3. The normalized spacial score (nSPS) is 11.0. The Kier molecular flexibility index (Phi) is 5.44. The fourth-order valence-corrected chi connectivity index (χ4v) is 1.73. The predicted octanol–water partition coefficient (Wildman–Crippen LogP) is 4.21. The summed E-state index contributed by atoms with van der Waals surface area (Å²) in [5.74, 6) is 0.575. The monoisotopic (exact) mass is 246 g/mol. The van der Waals surface area contributed by atoms with Gasteiger partial charge in [0.25, 0.3) is 0 Å². The summed E-state index contributed by atoms with van der Waals surface area (Å²) in [6.45, 7) is 5.77. The Morgan fingerprint density at radius 3 is 2.60 bits per heavy atom. The highest BCUT2D eigenvalue weighted by atomic mass is 35.5. The van der Waals surface area contributed by atoms with Crippen LogP contribution in [0.4, 0.5) is 0 Å². The highest BCUT2D eigenvalue weighted by Crippen LogP contribution is 2.21. The molecule has 1 rings (SSSR count). The van der Waals surface area contributed by atoms with Crippen molar-refractivity contribution in [2.24, 2.45) is 5.92 Å². The lowest BCUT2D eigenvalue weighted by molar-refractivity contribution is 0.112. The molecule has 0 aliphatic carbocycles. The van der Waals surface area contributed by atoms with Crippen LogP contribution in [-0.4, -0.2) is 13.2 Å². The second-order valence-electron chi connectivity index (χ2n) is 3.95. The second-order valence-corrected chi connectivity index (χ2v) is 4.80. The van der Waals surface area contributed by atoms with Crippen LogP contribution in [0.1, 0.15) is 19.4 Å². The summed E-state index contributed by atoms with van der Waals surface area (Å²) in [5.41, 5.74) is 1.09. The molecule has 15 heavy (non-hydrogen) atoms. The average Bonchev–Trinajstić information content (AvgIpc) is 2.14. The molecule has 0 radical (unpaired) electrons. The maximum atomic E-state index is 6.03. The third kappa shape index (κ3) is 4.87. The molecule has 0 N–H and O–H groups in total. The van der Waals surface area contributed by atoms with Crippen molar-refractivity contribution in [3.8, 4) is 0 Å². The van der Waals surface area contributed by atoms with E-state index in [9.17, 15) is 0 Å². The zero-order valence-corrected chi connectivity index (χ0v) is 10.6. The van der Waals surface area contributed by atoms with Crippen molar-refractivity contribution in [3.63, 3.8) is 0 Å². The Hall–Kier alpha value is -0.240. The van der Waals surface area contributed by atoms with Crippen LogP contribution in [0.25, 0.3) is 0 Å². The van der Waals surface area contributed by atoms with Gasteiger partial charge >= 0.3 is 0 Å². The molecule has 84 valence electrons. The van der Waals surface area contributed by atoms with Gasteiger partial charge in [-0.05, 0) is 30.0 Å². The minimum atomic E-state index is 0.575. The van der Waals surface area contributed by atoms with Crippen molar-refractivity contribution < 1.29 is 4.74 Å². The smallest absolute Gasteiger partial charge is 0.0507 e. The molecule has 3 heteroatoms. The summed E-state index contributed by atoms with van der Waals surface area (Å²) in [5, 5.41) is 1.39. The van der Waals surface area contributed by atoms with Crippen LogP contribution in [0.5, 0.6) is 0 Å². The van der Waals surface area contributed by atoms with Crippen LogP contribution in [-0.2, 0) is 11.2 Å². The van der Waals surface area contributed by atoms with Crippen molar-refractivity contribution in [1.82, 2.24) is 0 Å². The van der Waals surface area contributed by atoms with E-state index in [0.717, 1.165) is 23.6 Å². The van der Waals surface area contributed by atoms with E-state index in [1.165, 1.54) is 0 Å². The summed E-state index contributed by atoms with van der Waals surface area (Å²) >= 11 is 11.8. The van der Waals surface area contributed by atoms with Gasteiger partial charge in [-0.2, -0.15) is 0 Å². The van der Waals surface area contributed by atoms with Gasteiger partial charge in [0, 0.05) is 16.7 Å². The number of rotatable bonds is 5. The van der Waals surface area contributed by atoms with E-state index in [2.05, 4.69) is 13.8 Å². The number of hydrogen-bond donors (Lipinski definition) is 0. The SMILES string of the molecule is CC(C)COCCc1ccc(Cl)cc1Cl. The van der Waals surface area contributed by atoms with Crippen LogP contribution in [0.2, 0.25) is 10.0 Å². The summed E-state index contributed by atoms with van der Waals surface area (Å²) < 4.78 is 5.49. The van der Waals surface area contributed by atoms with Crippen molar-refractivity contribution in [2.75, 3.05) is 13.2 Å². The van der Waals surface area contributed by atoms with Crippen molar-refractivity contribution in [1.29, 1.82) is 0 Å². The zero-order valence-electron chi connectivity index (χ0n) is 9.09. The van der Waals surface area contributed by atoms with Gasteiger partial charge in [-0.1, -0.05) is 43.1 Å². The van der Waals surface area contributed by atoms with E-state index in [4.69, 9.17) is 27.9 Å². The minimum absolute atomic E-state index is 0.575. The van der Waals surface area contributed by atoms with E-state index < -0.39 is 0 Å². The number of benzene rings is 1. The third-order valence-electron chi connectivity index (χ3n) is 1.98. The van der Waals surface area contributed by atoms with Crippen molar-refractivity contribution in [2.45, 2.75) is 20.3 Å². The molecule has 0 spiro atoms. The summed E-state index contributed by atoms with van der Waals surface area (Å²) in [6, 6.07) is 5.56. The summed E-state index contributed by atoms with van der Waals surface area (Å²) in [7, 11) is 0. The lowest BCUT2D eigenvalue weighted by Crippen LogP contribution is -2.05. The maximum absolute atomic E-state index is 6.03. The van der Waals surface area contributed by atoms with Gasteiger partial charge in [0.1, 0.15) is 0 Å². The lowest BCUT2D eigenvalue weighted by atomic mass is 10.1. The first kappa shape index (κ1) is 12.8. The van der Waals surface area contributed by atoms with Gasteiger partial charge in [-0.15, -0.1) is 0 Å². The van der Waals surface area contributed by atoms with Gasteiger partial charge in [-0.3, -0.25) is 0 Å². The molecule has 1 nitrogen and oxygen atoms in total. The van der Waals surface area contributed by atoms with E-state index in [1.807, 2.05) is 12.1 Å². The number of hydrogen-bond acceptors (Lipinski definition) is 1. The molecule has 1 aromatic carbocycles. The Morgan fingerprint density at radius 1 is 1.27 bits per heavy atom. The van der Waals surface area contributed by atoms with E-state index >= 15 is 0 Å². The van der Waals surface area contributed by atoms with Crippen LogP contribution in [0, 0.1) is 5.92 Å². The molecule has 0 atom stereocenters. The summed E-state index contributed by atoms with van der Waals surface area (Å²) in [4.78, 5) is 0. The van der Waals surface area contributed by atoms with Gasteiger partial charge in [0.05, 0.1) is 6.61 Å². The molecule has 0 fully saturated rings. The van der Waals surface area contributed by atoms with Gasteiger partial charge in [0.15, 0.2) is 0 Å². The topological polar surface area (TPSA) is 9.23 Å². The fraction of sp³-hybridized carbons (Fsp3) is 0.500. The van der Waals surface area contributed by atoms with Crippen molar-refractivity contribution >= 4 is 23.2 Å². The molecular weight excluding hydrogens is 231 g/mol. The first-order chi connectivity index (χ1) is 7.09. The number of halogens is 2. The average molecular weight is 247 g/mol. The van der Waals surface area contributed by atoms with E-state index in [0.29, 0.717) is 17.5 Å². The van der Waals surface area contributed by atoms with Gasteiger partial charge in [-0.25, -0.2) is 0 Å². The largest absolute Gasteiger partial charge is 0.381 e. The highest BCUT2D eigenvalue weighted by molar-refractivity contribution is 6.35. The van der Waals surface area contributed by atoms with Crippen LogP contribution in [0.3, 0.4) is 0 Å². The molecular formula is C12H16Cl2O. The quantitative estimate of drug-likeness (QED) is 0.708. The molecule has 0 heterocycles. The molecule has 1 aromatic rings. The Labute approximate surface area is 101 Å². The Bertz CT molecular complexity index is 310. The fourth-order valence-electron chi connectivity index (χ4n) is 1.23. The standard InChI is InChI=1S/C12H16Cl2O/c1-9(2)8-15-6-5-10-3-4-11(13)7-12(10)14/h3-4,7,9H,5-6,8H2,1-2H3. The van der Waals surface area contributed by atoms with Gasteiger partial charge < -0.3 is 4.74 Å². The molecule has 0 saturated carbocycles. The Balaban J connectivity index is 2.37. The Morgan fingerprint density at radius 2 is 2.00 bits per heavy atom. The third-order valence-corrected chi connectivity index (χ3v) is 2.57. The first-order valence-electron chi connectivity index (χ1n) is 5.11. The summed E-state index contributed by atoms with van der Waals surface area (Å²) in [6.07, 6.45) is 0.836. The molecule has 0 aromatic heterocycles. The van der Waals surface area contributed by atoms with Crippen LogP contribution >= 0.6 is 23.2 Å². The maximum Gasteiger partial charge on any atom is 0.0507 e. The molecule has 0 amide bonds. The van der Waals surface area contributed by atoms with Crippen LogP contribution < -0.4 is 0 Å². The van der Waals surface area contributed by atoms with Crippen molar-refractivity contribution in [3.05, 3.63) is 33.8 Å². The second kappa shape index (κ2) is 6.37. The molecule has 0 bridgehead atoms. The number of ether oxygens (including phenoxy) is 1. The predicted molar refractivity (Wildman–Crippen MR) is 65.8 cm³/mol. The van der Waals surface area contributed by atoms with Gasteiger partial charge in [0.2, 0.25) is 0 Å². The van der Waals surface area contributed by atoms with E-state index in [-0.39, 0.29) is 0 Å². The first-order valence-corrected chi connectivity index (χ1v) is 5.87. The minimum Gasteiger partial charge on any atom is -0.381 e. The van der Waals surface area contributed by atoms with E-state index in [1.54, 1.807) is 6.07 Å². The molecule has 0 aliphatic rings. The highest BCUT2D eigenvalue weighted by Gasteiger charge is 2.01. The lowest BCUT2D eigenvalue weighted by Gasteiger charge is -2.08.